The summed E-state index contributed by atoms with van der Waals surface area (Å²) in [5.74, 6) is 0.137. The van der Waals surface area contributed by atoms with Gasteiger partial charge in [0.15, 0.2) is 5.49 Å². The first-order valence-electron chi connectivity index (χ1n) is 6.75. The maximum Gasteiger partial charge on any atom is 0.298 e. The number of hydrogen-bond donors (Lipinski definition) is 2. The second kappa shape index (κ2) is 5.73. The van der Waals surface area contributed by atoms with E-state index in [4.69, 9.17) is 9.47 Å². The molecule has 24 heavy (non-hydrogen) atoms. The highest BCUT2D eigenvalue weighted by molar-refractivity contribution is 7.86. The van der Waals surface area contributed by atoms with Crippen LogP contribution in [0.4, 0.5) is 0 Å². The Hall–Kier alpha value is -2.72. The first-order chi connectivity index (χ1) is 11.3. The molecule has 0 saturated carbocycles. The Morgan fingerprint density at radius 2 is 1.92 bits per heavy atom. The number of fused-ring (bicyclic) bond motifs is 1. The van der Waals surface area contributed by atoms with Gasteiger partial charge in [-0.05, 0) is 12.1 Å². The molecule has 0 unspecified atom stereocenters. The quantitative estimate of drug-likeness (QED) is 0.721. The summed E-state index contributed by atoms with van der Waals surface area (Å²) < 4.78 is 42.7. The van der Waals surface area contributed by atoms with E-state index >= 15 is 0 Å². The minimum Gasteiger partial charge on any atom is -0.496 e. The van der Waals surface area contributed by atoms with Crippen molar-refractivity contribution in [3.05, 3.63) is 23.0 Å². The van der Waals surface area contributed by atoms with Crippen LogP contribution in [0.2, 0.25) is 0 Å². The number of nitrogens with one attached hydrogen (secondary N) is 1. The molecule has 0 aliphatic carbocycles. The topological polar surface area (TPSA) is 131 Å². The number of imidazole rings is 1. The Bertz CT molecular complexity index is 1050. The number of methoxy groups -OCH3 is 2. The van der Waals surface area contributed by atoms with Crippen LogP contribution >= 0.6 is 0 Å². The number of aromatic amines is 1. The van der Waals surface area contributed by atoms with E-state index in [0.717, 1.165) is 0 Å². The van der Waals surface area contributed by atoms with Crippen molar-refractivity contribution in [3.8, 4) is 22.9 Å². The Kier molecular flexibility index (Phi) is 3.85. The highest BCUT2D eigenvalue weighted by atomic mass is 32.2. The zero-order valence-electron chi connectivity index (χ0n) is 12.7. The molecule has 2 aromatic rings. The molecule has 2 heterocycles. The summed E-state index contributed by atoms with van der Waals surface area (Å²) in [6, 6.07) is 2.51. The number of carbonyl (C=O) groups is 1. The van der Waals surface area contributed by atoms with Crippen molar-refractivity contribution >= 4 is 22.1 Å². The molecule has 0 fully saturated rings. The number of hydrogen-bond acceptors (Lipinski definition) is 6. The highest BCUT2D eigenvalue weighted by Crippen LogP contribution is 2.36. The van der Waals surface area contributed by atoms with Gasteiger partial charge in [-0.2, -0.15) is 13.4 Å². The molecule has 0 spiro atoms. The Labute approximate surface area is 136 Å². The van der Waals surface area contributed by atoms with Crippen molar-refractivity contribution in [2.24, 2.45) is 4.99 Å². The summed E-state index contributed by atoms with van der Waals surface area (Å²) in [5.41, 5.74) is 0.490. The van der Waals surface area contributed by atoms with E-state index in [-0.39, 0.29) is 40.7 Å². The standard InChI is InChI=1S/C14H13N3O6S/c1-22-9-6-10(23-2)11(24(19,20)21)5-7(9)13-15-8-3-4-12(18)16-14(8)17-13/h3,5-6H,4H2,1-2H3,(H,19,20,21)(H,15,16,17,18). The van der Waals surface area contributed by atoms with Gasteiger partial charge in [0.1, 0.15) is 22.2 Å². The third-order valence-corrected chi connectivity index (χ3v) is 4.32. The van der Waals surface area contributed by atoms with Crippen molar-refractivity contribution < 1.29 is 27.2 Å². The molecule has 9 nitrogen and oxygen atoms in total. The van der Waals surface area contributed by atoms with Crippen molar-refractivity contribution in [3.63, 3.8) is 0 Å². The Balaban J connectivity index is 2.29. The van der Waals surface area contributed by atoms with Crippen molar-refractivity contribution in [2.45, 2.75) is 11.3 Å². The molecule has 2 N–H and O–H groups in total. The van der Waals surface area contributed by atoms with Gasteiger partial charge in [-0.3, -0.25) is 9.35 Å². The normalized spacial score (nSPS) is 13.7. The van der Waals surface area contributed by atoms with Gasteiger partial charge in [-0.1, -0.05) is 0 Å². The molecule has 1 aromatic heterocycles. The van der Waals surface area contributed by atoms with E-state index in [1.54, 1.807) is 6.08 Å². The fourth-order valence-corrected chi connectivity index (χ4v) is 3.01. The molecule has 3 rings (SSSR count). The fourth-order valence-electron chi connectivity index (χ4n) is 2.34. The van der Waals surface area contributed by atoms with Crippen molar-refractivity contribution in [1.82, 2.24) is 9.97 Å². The number of amides is 1. The summed E-state index contributed by atoms with van der Waals surface area (Å²) in [5, 5.41) is 0.552. The van der Waals surface area contributed by atoms with Crippen LogP contribution in [-0.4, -0.2) is 43.1 Å². The molecular weight excluding hydrogens is 338 g/mol. The first kappa shape index (κ1) is 16.1. The Morgan fingerprint density at radius 1 is 1.21 bits per heavy atom. The van der Waals surface area contributed by atoms with E-state index in [0.29, 0.717) is 5.35 Å². The van der Waals surface area contributed by atoms with Gasteiger partial charge in [0.25, 0.3) is 16.0 Å². The Morgan fingerprint density at radius 3 is 2.54 bits per heavy atom. The number of ether oxygens (including phenoxy) is 2. The summed E-state index contributed by atoms with van der Waals surface area (Å²) in [6.07, 6.45) is 1.80. The summed E-state index contributed by atoms with van der Waals surface area (Å²) in [7, 11) is -1.85. The molecule has 0 saturated heterocycles. The van der Waals surface area contributed by atoms with Crippen LogP contribution in [0.25, 0.3) is 17.5 Å². The predicted molar refractivity (Wildman–Crippen MR) is 81.8 cm³/mol. The molecule has 1 aliphatic heterocycles. The number of rotatable bonds is 4. The van der Waals surface area contributed by atoms with E-state index in [1.165, 1.54) is 26.4 Å². The number of benzene rings is 1. The monoisotopic (exact) mass is 351 g/mol. The van der Waals surface area contributed by atoms with E-state index in [2.05, 4.69) is 15.0 Å². The van der Waals surface area contributed by atoms with Gasteiger partial charge in [-0.25, -0.2) is 4.98 Å². The van der Waals surface area contributed by atoms with Gasteiger partial charge in [0.2, 0.25) is 0 Å². The van der Waals surface area contributed by atoms with Gasteiger partial charge in [0, 0.05) is 12.5 Å². The van der Waals surface area contributed by atoms with Crippen LogP contribution in [0.15, 0.2) is 22.0 Å². The van der Waals surface area contributed by atoms with Crippen LogP contribution in [0.3, 0.4) is 0 Å². The molecule has 10 heteroatoms. The molecule has 126 valence electrons. The van der Waals surface area contributed by atoms with E-state index in [9.17, 15) is 17.8 Å². The molecule has 0 radical (unpaired) electrons. The minimum absolute atomic E-state index is 0.0687. The lowest BCUT2D eigenvalue weighted by Gasteiger charge is -2.12. The van der Waals surface area contributed by atoms with Crippen molar-refractivity contribution in [1.29, 1.82) is 0 Å². The maximum absolute atomic E-state index is 11.6. The van der Waals surface area contributed by atoms with Gasteiger partial charge >= 0.3 is 0 Å². The maximum atomic E-state index is 11.6. The van der Waals surface area contributed by atoms with Gasteiger partial charge < -0.3 is 14.5 Å². The molecule has 0 bridgehead atoms. The van der Waals surface area contributed by atoms with Crippen LogP contribution in [0, 0.1) is 0 Å². The second-order valence-electron chi connectivity index (χ2n) is 4.91. The summed E-state index contributed by atoms with van der Waals surface area (Å²) in [4.78, 5) is 21.9. The molecule has 1 aromatic carbocycles. The lowest BCUT2D eigenvalue weighted by Crippen LogP contribution is -2.29. The minimum atomic E-state index is -4.52. The first-order valence-corrected chi connectivity index (χ1v) is 8.19. The highest BCUT2D eigenvalue weighted by Gasteiger charge is 2.22. The fraction of sp³-hybridized carbons (Fsp3) is 0.214. The lowest BCUT2D eigenvalue weighted by atomic mass is 10.2. The van der Waals surface area contributed by atoms with Gasteiger partial charge in [-0.15, -0.1) is 0 Å². The zero-order chi connectivity index (χ0) is 17.5. The van der Waals surface area contributed by atoms with Crippen LogP contribution in [0.1, 0.15) is 6.42 Å². The zero-order valence-corrected chi connectivity index (χ0v) is 13.5. The molecule has 0 atom stereocenters. The molecular formula is C14H13N3O6S. The van der Waals surface area contributed by atoms with Crippen LogP contribution < -0.4 is 20.3 Å². The van der Waals surface area contributed by atoms with Gasteiger partial charge in [0.05, 0.1) is 25.1 Å². The predicted octanol–water partition coefficient (Wildman–Crippen LogP) is -0.329. The number of H-pyrrole nitrogens is 1. The second-order valence-corrected chi connectivity index (χ2v) is 6.30. The number of nitrogens with zero attached hydrogens (tertiary/aromatic N) is 2. The van der Waals surface area contributed by atoms with E-state index in [1.807, 2.05) is 0 Å². The van der Waals surface area contributed by atoms with Crippen LogP contribution in [-0.2, 0) is 14.9 Å². The number of aromatic nitrogens is 2. The molecule has 1 amide bonds. The average molecular weight is 351 g/mol. The summed E-state index contributed by atoms with van der Waals surface area (Å²) in [6.45, 7) is 0. The largest absolute Gasteiger partial charge is 0.496 e. The van der Waals surface area contributed by atoms with Crippen molar-refractivity contribution in [2.75, 3.05) is 14.2 Å². The smallest absolute Gasteiger partial charge is 0.298 e. The third kappa shape index (κ3) is 2.76. The van der Waals surface area contributed by atoms with Crippen LogP contribution in [0.5, 0.6) is 11.5 Å². The third-order valence-electron chi connectivity index (χ3n) is 3.44. The summed E-state index contributed by atoms with van der Waals surface area (Å²) >= 11 is 0. The molecule has 1 aliphatic rings. The SMILES string of the molecule is COc1cc(OC)c(S(=O)(=O)O)cc1-c1nc2c([nH]1)=CCC(=O)N=2. The number of carbonyl (C=O) groups excluding carboxylic acids is 1. The lowest BCUT2D eigenvalue weighted by molar-refractivity contribution is -0.117. The average Bonchev–Trinajstić information content (AvgIpc) is 2.95. The van der Waals surface area contributed by atoms with E-state index < -0.39 is 15.0 Å².